The lowest BCUT2D eigenvalue weighted by molar-refractivity contribution is -0.110. The maximum absolute atomic E-state index is 9.31. The molecule has 0 amide bonds. The third-order valence-electron chi connectivity index (χ3n) is 0.105. The molecule has 0 spiro atoms. The molecule has 0 atom stereocenters. The molecule has 0 aromatic carbocycles. The van der Waals surface area contributed by atoms with Crippen LogP contribution in [0.4, 0.5) is 0 Å². The van der Waals surface area contributed by atoms with Gasteiger partial charge in [0.15, 0.2) is 0 Å². The fraction of sp³-hybridized carbons (Fsp3) is 0. The van der Waals surface area contributed by atoms with Gasteiger partial charge in [-0.15, -0.1) is 0 Å². The van der Waals surface area contributed by atoms with Crippen LogP contribution in [0.5, 0.6) is 0 Å². The van der Waals surface area contributed by atoms with E-state index in [1.165, 1.54) is 0 Å². The molecule has 0 bridgehead atoms. The first-order chi connectivity index (χ1) is 2.27. The van der Waals surface area contributed by atoms with E-state index in [1.54, 1.807) is 0 Å². The second-order valence-corrected chi connectivity index (χ2v) is 1.22. The van der Waals surface area contributed by atoms with E-state index in [0.717, 1.165) is 0 Å². The van der Waals surface area contributed by atoms with E-state index in [4.69, 9.17) is 0 Å². The van der Waals surface area contributed by atoms with Gasteiger partial charge in [-0.1, -0.05) is 0 Å². The fourth-order valence-corrected chi connectivity index (χ4v) is 0. The standard InChI is InChI=1S/CH3N2OP/c2-1(3)5-4/h(H3,2,3)/p+1. The number of nitrogens with two attached hydrogens (primary N) is 2. The molecule has 4 heteroatoms. The SMILES string of the molecule is NC(=[NH2+])P=O. The Morgan fingerprint density at radius 2 is 2.20 bits per heavy atom. The Balaban J connectivity index is 3.20. The second kappa shape index (κ2) is 1.85. The van der Waals surface area contributed by atoms with Crippen molar-refractivity contribution >= 4 is 14.0 Å². The first-order valence-corrected chi connectivity index (χ1v) is 1.80. The van der Waals surface area contributed by atoms with E-state index in [2.05, 4.69) is 11.1 Å². The summed E-state index contributed by atoms with van der Waals surface area (Å²) >= 11 is 0. The first kappa shape index (κ1) is 4.57. The highest BCUT2D eigenvalue weighted by atomic mass is 31.1. The molecular formula is CH4N2OP+. The average Bonchev–Trinajstić information content (AvgIpc) is 1.38. The summed E-state index contributed by atoms with van der Waals surface area (Å²) in [5, 5.41) is 4.66. The average molecular weight is 91.0 g/mol. The molecule has 0 rings (SSSR count). The molecule has 3 nitrogen and oxygen atoms in total. The Morgan fingerprint density at radius 1 is 2.00 bits per heavy atom. The Morgan fingerprint density at radius 3 is 2.20 bits per heavy atom. The zero-order valence-corrected chi connectivity index (χ0v) is 3.40. The van der Waals surface area contributed by atoms with Crippen molar-refractivity contribution in [2.45, 2.75) is 0 Å². The quantitative estimate of drug-likeness (QED) is 0.230. The third-order valence-corrected chi connectivity index (χ3v) is 0.316. The van der Waals surface area contributed by atoms with Crippen molar-refractivity contribution < 1.29 is 9.97 Å². The first-order valence-electron chi connectivity index (χ1n) is 0.984. The van der Waals surface area contributed by atoms with Crippen LogP contribution in [-0.4, -0.2) is 5.58 Å². The highest BCUT2D eigenvalue weighted by molar-refractivity contribution is 7.45. The van der Waals surface area contributed by atoms with Crippen LogP contribution >= 0.6 is 8.46 Å². The Bertz CT molecular complexity index is 60.7. The van der Waals surface area contributed by atoms with Crippen LogP contribution < -0.4 is 11.1 Å². The van der Waals surface area contributed by atoms with Crippen molar-refractivity contribution in [1.29, 1.82) is 0 Å². The van der Waals surface area contributed by atoms with Gasteiger partial charge < -0.3 is 0 Å². The van der Waals surface area contributed by atoms with Crippen LogP contribution in [0.15, 0.2) is 0 Å². The fourth-order valence-electron chi connectivity index (χ4n) is 0. The number of rotatable bonds is 1. The summed E-state index contributed by atoms with van der Waals surface area (Å²) in [5.74, 6) is 0. The molecule has 0 saturated carbocycles. The van der Waals surface area contributed by atoms with Crippen molar-refractivity contribution in [1.82, 2.24) is 0 Å². The Kier molecular flexibility index (Phi) is 1.69. The molecule has 0 aliphatic carbocycles. The van der Waals surface area contributed by atoms with E-state index >= 15 is 0 Å². The number of amidine groups is 1. The highest BCUT2D eigenvalue weighted by Gasteiger charge is 1.82. The van der Waals surface area contributed by atoms with Crippen molar-refractivity contribution in [2.24, 2.45) is 5.73 Å². The van der Waals surface area contributed by atoms with Crippen molar-refractivity contribution in [3.8, 4) is 0 Å². The summed E-state index contributed by atoms with van der Waals surface area (Å²) < 4.78 is 9.31. The molecule has 0 aliphatic rings. The molecule has 0 radical (unpaired) electrons. The van der Waals surface area contributed by atoms with Crippen LogP contribution in [0.2, 0.25) is 0 Å². The van der Waals surface area contributed by atoms with Gasteiger partial charge in [0.25, 0.3) is 8.46 Å². The van der Waals surface area contributed by atoms with Gasteiger partial charge in [0.1, 0.15) is 0 Å². The van der Waals surface area contributed by atoms with Crippen LogP contribution in [0, 0.1) is 0 Å². The summed E-state index contributed by atoms with van der Waals surface area (Å²) in [6.45, 7) is 0. The highest BCUT2D eigenvalue weighted by Crippen LogP contribution is 1.77. The van der Waals surface area contributed by atoms with Crippen LogP contribution in [0.25, 0.3) is 0 Å². The summed E-state index contributed by atoms with van der Waals surface area (Å²) in [5.41, 5.74) is 4.58. The van der Waals surface area contributed by atoms with Gasteiger partial charge in [0, 0.05) is 0 Å². The minimum atomic E-state index is -0.281. The lowest BCUT2D eigenvalue weighted by Crippen LogP contribution is -2.41. The second-order valence-electron chi connectivity index (χ2n) is 0.516. The molecule has 0 saturated heterocycles. The third kappa shape index (κ3) is 3.57. The topological polar surface area (TPSA) is 68.7 Å². The van der Waals surface area contributed by atoms with Crippen molar-refractivity contribution in [2.75, 3.05) is 0 Å². The molecule has 0 unspecified atom stereocenters. The summed E-state index contributed by atoms with van der Waals surface area (Å²) in [6, 6.07) is 0. The summed E-state index contributed by atoms with van der Waals surface area (Å²) in [6.07, 6.45) is 0. The van der Waals surface area contributed by atoms with Gasteiger partial charge in [-0.3, -0.25) is 15.7 Å². The zero-order chi connectivity index (χ0) is 4.28. The maximum Gasteiger partial charge on any atom is 0.331 e. The predicted octanol–water partition coefficient (Wildman–Crippen LogP) is -1.65. The molecule has 28 valence electrons. The van der Waals surface area contributed by atoms with Gasteiger partial charge in [-0.25, -0.2) is 0 Å². The normalized spacial score (nSPS) is 8.00. The Labute approximate surface area is 30.9 Å². The molecule has 0 fully saturated rings. The molecule has 0 aromatic rings. The minimum absolute atomic E-state index is 0.0787. The van der Waals surface area contributed by atoms with Crippen LogP contribution in [0.1, 0.15) is 0 Å². The Hall–Kier alpha value is -0.430. The number of hydrogen-bond donors (Lipinski definition) is 2. The van der Waals surface area contributed by atoms with Crippen molar-refractivity contribution in [3.05, 3.63) is 0 Å². The lowest BCUT2D eigenvalue weighted by atomic mass is 11.4. The zero-order valence-electron chi connectivity index (χ0n) is 2.51. The monoisotopic (exact) mass is 91.0 g/mol. The number of hydrogen-bond acceptors (Lipinski definition) is 1. The van der Waals surface area contributed by atoms with Gasteiger partial charge in [-0.05, 0) is 0 Å². The molecule has 5 heavy (non-hydrogen) atoms. The molecule has 0 heterocycles. The van der Waals surface area contributed by atoms with Crippen LogP contribution in [-0.2, 0) is 4.57 Å². The molecule has 0 aromatic heterocycles. The van der Waals surface area contributed by atoms with Gasteiger partial charge >= 0.3 is 5.58 Å². The largest absolute Gasteiger partial charge is 0.331 e. The smallest absolute Gasteiger partial charge is 0.281 e. The van der Waals surface area contributed by atoms with E-state index in [1.807, 2.05) is 0 Å². The lowest BCUT2D eigenvalue weighted by Gasteiger charge is -1.55. The van der Waals surface area contributed by atoms with Crippen molar-refractivity contribution in [3.63, 3.8) is 0 Å². The summed E-state index contributed by atoms with van der Waals surface area (Å²) in [4.78, 5) is 0. The van der Waals surface area contributed by atoms with E-state index in [-0.39, 0.29) is 14.0 Å². The predicted molar refractivity (Wildman–Crippen MR) is 18.7 cm³/mol. The van der Waals surface area contributed by atoms with E-state index in [9.17, 15) is 4.57 Å². The van der Waals surface area contributed by atoms with E-state index < -0.39 is 0 Å². The maximum atomic E-state index is 9.31. The van der Waals surface area contributed by atoms with E-state index in [0.29, 0.717) is 0 Å². The van der Waals surface area contributed by atoms with Gasteiger partial charge in [0.2, 0.25) is 0 Å². The minimum Gasteiger partial charge on any atom is -0.281 e. The van der Waals surface area contributed by atoms with Gasteiger partial charge in [0.05, 0.1) is 0 Å². The molecule has 4 N–H and O–H groups in total. The van der Waals surface area contributed by atoms with Crippen LogP contribution in [0.3, 0.4) is 0 Å². The summed E-state index contributed by atoms with van der Waals surface area (Å²) in [7, 11) is -0.281. The molecule has 0 aliphatic heterocycles. The molecular weight excluding hydrogens is 87.0 g/mol. The van der Waals surface area contributed by atoms with Gasteiger partial charge in [-0.2, -0.15) is 0 Å².